The first kappa shape index (κ1) is 13.2. The molecule has 1 fully saturated rings. The van der Waals surface area contributed by atoms with Gasteiger partial charge >= 0.3 is 0 Å². The number of allylic oxidation sites excluding steroid dienone is 1. The molecule has 1 heterocycles. The molecule has 1 amide bonds. The molecule has 16 heavy (non-hydrogen) atoms. The van der Waals surface area contributed by atoms with Crippen LogP contribution < -0.4 is 0 Å². The normalized spacial score (nSPS) is 19.6. The van der Waals surface area contributed by atoms with Gasteiger partial charge in [0.05, 0.1) is 0 Å². The number of likely N-dealkylation sites (tertiary alicyclic amines) is 1. The molecule has 1 saturated heterocycles. The first-order valence-corrected chi connectivity index (χ1v) is 6.14. The summed E-state index contributed by atoms with van der Waals surface area (Å²) in [5, 5.41) is 0. The molecule has 0 unspecified atom stereocenters. The maximum atomic E-state index is 11.9. The highest BCUT2D eigenvalue weighted by Crippen LogP contribution is 2.14. The molecule has 0 radical (unpaired) electrons. The quantitative estimate of drug-likeness (QED) is 0.682. The Morgan fingerprint density at radius 2 is 1.94 bits per heavy atom. The van der Waals surface area contributed by atoms with E-state index >= 15 is 0 Å². The molecule has 0 aliphatic carbocycles. The highest BCUT2D eigenvalue weighted by atomic mass is 16.2. The highest BCUT2D eigenvalue weighted by molar-refractivity contribution is 5.87. The van der Waals surface area contributed by atoms with Gasteiger partial charge in [0.15, 0.2) is 0 Å². The van der Waals surface area contributed by atoms with E-state index < -0.39 is 0 Å². The van der Waals surface area contributed by atoms with E-state index in [1.807, 2.05) is 18.0 Å². The number of likely N-dealkylation sites (N-methyl/N-ethyl adjacent to an activating group) is 1. The van der Waals surface area contributed by atoms with E-state index in [1.54, 1.807) is 6.08 Å². The van der Waals surface area contributed by atoms with Gasteiger partial charge < -0.3 is 9.80 Å². The van der Waals surface area contributed by atoms with Crippen molar-refractivity contribution < 1.29 is 4.79 Å². The highest BCUT2D eigenvalue weighted by Gasteiger charge is 2.22. The summed E-state index contributed by atoms with van der Waals surface area (Å²) in [6.45, 7) is 6.35. The van der Waals surface area contributed by atoms with Crippen LogP contribution in [0.1, 0.15) is 26.7 Å². The molecule has 3 heteroatoms. The third kappa shape index (κ3) is 3.97. The van der Waals surface area contributed by atoms with Crippen LogP contribution >= 0.6 is 0 Å². The van der Waals surface area contributed by atoms with E-state index in [-0.39, 0.29) is 5.91 Å². The second-order valence-electron chi connectivity index (χ2n) is 5.09. The lowest BCUT2D eigenvalue weighted by Crippen LogP contribution is -2.43. The van der Waals surface area contributed by atoms with E-state index in [4.69, 9.17) is 0 Å². The molecule has 0 aromatic carbocycles. The summed E-state index contributed by atoms with van der Waals surface area (Å²) in [5.74, 6) is 0.582. The molecule has 0 bridgehead atoms. The smallest absolute Gasteiger partial charge is 0.246 e. The molecule has 0 aromatic rings. The van der Waals surface area contributed by atoms with Gasteiger partial charge in [0, 0.05) is 13.1 Å². The van der Waals surface area contributed by atoms with Crippen LogP contribution in [0.15, 0.2) is 12.2 Å². The molecule has 0 spiro atoms. The van der Waals surface area contributed by atoms with Crippen molar-refractivity contribution in [3.8, 4) is 0 Å². The molecule has 92 valence electrons. The number of carbonyl (C=O) groups is 1. The summed E-state index contributed by atoms with van der Waals surface area (Å²) in [5.41, 5.74) is 0. The number of piperidine rings is 1. The average molecular weight is 224 g/mol. The molecule has 1 aliphatic rings. The molecule has 3 nitrogen and oxygen atoms in total. The van der Waals surface area contributed by atoms with Gasteiger partial charge in [-0.2, -0.15) is 0 Å². The first-order chi connectivity index (χ1) is 7.50. The fourth-order valence-electron chi connectivity index (χ4n) is 1.95. The zero-order valence-corrected chi connectivity index (χ0v) is 10.9. The number of amides is 1. The Kier molecular flexibility index (Phi) is 5.00. The number of rotatable bonds is 3. The van der Waals surface area contributed by atoms with Gasteiger partial charge in [0.2, 0.25) is 5.91 Å². The summed E-state index contributed by atoms with van der Waals surface area (Å²) in [7, 11) is 4.06. The maximum absolute atomic E-state index is 11.9. The first-order valence-electron chi connectivity index (χ1n) is 6.14. The molecular weight excluding hydrogens is 200 g/mol. The summed E-state index contributed by atoms with van der Waals surface area (Å²) < 4.78 is 0. The van der Waals surface area contributed by atoms with Gasteiger partial charge in [-0.25, -0.2) is 0 Å². The molecule has 0 atom stereocenters. The minimum absolute atomic E-state index is 0.142. The van der Waals surface area contributed by atoms with Crippen LogP contribution in [0.3, 0.4) is 0 Å². The summed E-state index contributed by atoms with van der Waals surface area (Å²) in [6.07, 6.45) is 5.86. The van der Waals surface area contributed by atoms with Gasteiger partial charge in [-0.15, -0.1) is 0 Å². The van der Waals surface area contributed by atoms with Gasteiger partial charge in [0.1, 0.15) is 0 Å². The molecule has 0 saturated carbocycles. The van der Waals surface area contributed by atoms with Gasteiger partial charge in [-0.05, 0) is 45.0 Å². The summed E-state index contributed by atoms with van der Waals surface area (Å²) >= 11 is 0. The lowest BCUT2D eigenvalue weighted by atomic mass is 10.0. The van der Waals surface area contributed by atoms with Crippen LogP contribution in [0.25, 0.3) is 0 Å². The number of hydrogen-bond donors (Lipinski definition) is 0. The van der Waals surface area contributed by atoms with E-state index in [0.717, 1.165) is 25.9 Å². The second-order valence-corrected chi connectivity index (χ2v) is 5.09. The van der Waals surface area contributed by atoms with E-state index in [9.17, 15) is 4.79 Å². The van der Waals surface area contributed by atoms with Crippen molar-refractivity contribution in [2.75, 3.05) is 27.2 Å². The van der Waals surface area contributed by atoms with Crippen molar-refractivity contribution in [2.45, 2.75) is 32.7 Å². The lowest BCUT2D eigenvalue weighted by Gasteiger charge is -2.34. The summed E-state index contributed by atoms with van der Waals surface area (Å²) in [6, 6.07) is 0.417. The van der Waals surface area contributed by atoms with Crippen LogP contribution in [0, 0.1) is 5.92 Å². The minimum atomic E-state index is 0.142. The molecular formula is C13H24N2O. The van der Waals surface area contributed by atoms with Gasteiger partial charge in [-0.1, -0.05) is 19.9 Å². The monoisotopic (exact) mass is 224 g/mol. The fourth-order valence-corrected chi connectivity index (χ4v) is 1.95. The maximum Gasteiger partial charge on any atom is 0.246 e. The fraction of sp³-hybridized carbons (Fsp3) is 0.769. The Hall–Kier alpha value is -0.830. The largest absolute Gasteiger partial charge is 0.339 e. The Labute approximate surface area is 99.1 Å². The zero-order valence-electron chi connectivity index (χ0n) is 10.9. The van der Waals surface area contributed by atoms with Crippen molar-refractivity contribution in [2.24, 2.45) is 5.92 Å². The van der Waals surface area contributed by atoms with Crippen LogP contribution in [0.4, 0.5) is 0 Å². The second kappa shape index (κ2) is 6.04. The summed E-state index contributed by atoms with van der Waals surface area (Å²) in [4.78, 5) is 16.1. The topological polar surface area (TPSA) is 23.6 Å². The third-order valence-electron chi connectivity index (χ3n) is 3.21. The van der Waals surface area contributed by atoms with Crippen molar-refractivity contribution >= 4 is 5.91 Å². The SMILES string of the molecule is CC(C)/C=C/C(=O)N(C)C1CCN(C)CC1. The van der Waals surface area contributed by atoms with E-state index in [0.29, 0.717) is 12.0 Å². The molecule has 1 aliphatic heterocycles. The van der Waals surface area contributed by atoms with Crippen LogP contribution in [-0.4, -0.2) is 48.9 Å². The zero-order chi connectivity index (χ0) is 12.1. The predicted octanol–water partition coefficient (Wildman–Crippen LogP) is 1.75. The predicted molar refractivity (Wildman–Crippen MR) is 67.3 cm³/mol. The number of nitrogens with zero attached hydrogens (tertiary/aromatic N) is 2. The van der Waals surface area contributed by atoms with E-state index in [2.05, 4.69) is 25.8 Å². The molecule has 1 rings (SSSR count). The number of hydrogen-bond acceptors (Lipinski definition) is 2. The average Bonchev–Trinajstić information content (AvgIpc) is 2.26. The van der Waals surface area contributed by atoms with Crippen molar-refractivity contribution in [3.63, 3.8) is 0 Å². The van der Waals surface area contributed by atoms with Crippen LogP contribution in [-0.2, 0) is 4.79 Å². The molecule has 0 aromatic heterocycles. The Morgan fingerprint density at radius 3 is 2.44 bits per heavy atom. The minimum Gasteiger partial charge on any atom is -0.339 e. The Bertz CT molecular complexity index is 253. The van der Waals surface area contributed by atoms with E-state index in [1.165, 1.54) is 0 Å². The van der Waals surface area contributed by atoms with Crippen LogP contribution in [0.5, 0.6) is 0 Å². The Morgan fingerprint density at radius 1 is 1.38 bits per heavy atom. The van der Waals surface area contributed by atoms with Gasteiger partial charge in [0.25, 0.3) is 0 Å². The Balaban J connectivity index is 2.44. The third-order valence-corrected chi connectivity index (χ3v) is 3.21. The standard InChI is InChI=1S/C13H24N2O/c1-11(2)5-6-13(16)15(4)12-7-9-14(3)10-8-12/h5-6,11-12H,7-10H2,1-4H3/b6-5+. The lowest BCUT2D eigenvalue weighted by molar-refractivity contribution is -0.127. The van der Waals surface area contributed by atoms with Gasteiger partial charge in [-0.3, -0.25) is 4.79 Å². The van der Waals surface area contributed by atoms with Crippen LogP contribution in [0.2, 0.25) is 0 Å². The number of carbonyl (C=O) groups excluding carboxylic acids is 1. The molecule has 0 N–H and O–H groups in total. The van der Waals surface area contributed by atoms with Crippen molar-refractivity contribution in [3.05, 3.63) is 12.2 Å². The van der Waals surface area contributed by atoms with Crippen molar-refractivity contribution in [1.29, 1.82) is 0 Å². The van der Waals surface area contributed by atoms with Crippen molar-refractivity contribution in [1.82, 2.24) is 9.80 Å².